The van der Waals surface area contributed by atoms with E-state index < -0.39 is 223 Å². The highest BCUT2D eigenvalue weighted by Gasteiger charge is 2.53. The molecule has 15 rings (SSSR count). The van der Waals surface area contributed by atoms with Crippen molar-refractivity contribution in [1.82, 2.24) is 52.7 Å². The van der Waals surface area contributed by atoms with Crippen molar-refractivity contribution in [2.24, 2.45) is 11.7 Å². The maximum absolute atomic E-state index is 16.3. The summed E-state index contributed by atoms with van der Waals surface area (Å²) in [4.78, 5) is 119. The molecule has 8 aromatic rings. The number of benzene rings is 7. The molecule has 8 heterocycles. The summed E-state index contributed by atoms with van der Waals surface area (Å²) in [6.07, 6.45) is -18.2. The number of halogens is 4. The van der Waals surface area contributed by atoms with Crippen molar-refractivity contribution in [2.45, 2.75) is 158 Å². The number of carboxylic acids is 1. The van der Waals surface area contributed by atoms with Crippen LogP contribution >= 0.6 is 80.5 Å². The van der Waals surface area contributed by atoms with Crippen LogP contribution in [0.15, 0.2) is 132 Å². The van der Waals surface area contributed by atoms with E-state index in [9.17, 15) is 60.3 Å². The van der Waals surface area contributed by atoms with Gasteiger partial charge in [0.05, 0.1) is 34.7 Å². The first-order valence-corrected chi connectivity index (χ1v) is 41.6. The van der Waals surface area contributed by atoms with Gasteiger partial charge in [0.25, 0.3) is 0 Å². The Balaban J connectivity index is 0.998. The number of nitrogens with zero attached hydrogens (tertiary/aromatic N) is 2. The average Bonchev–Trinajstić information content (AvgIpc) is 1.14. The zero-order chi connectivity index (χ0) is 86.9. The summed E-state index contributed by atoms with van der Waals surface area (Å²) in [5, 5.41) is 136. The number of rotatable bonds is 19. The number of aliphatic hydroxyl groups is 5. The van der Waals surface area contributed by atoms with Gasteiger partial charge in [-0.05, 0) is 132 Å². The van der Waals surface area contributed by atoms with Crippen molar-refractivity contribution in [3.8, 4) is 68.2 Å². The number of phenolic OH excluding ortho intramolecular Hbond substituents is 3. The first-order valence-electron chi connectivity index (χ1n) is 37.6. The van der Waals surface area contributed by atoms with E-state index in [4.69, 9.17) is 74.7 Å². The van der Waals surface area contributed by atoms with Gasteiger partial charge in [0, 0.05) is 46.5 Å². The number of aromatic nitrogens is 2. The fraction of sp³-hybridized carbons (Fsp3) is 0.350. The third-order valence-corrected chi connectivity index (χ3v) is 25.0. The number of fused-ring (bicyclic) bond motifs is 15. The summed E-state index contributed by atoms with van der Waals surface area (Å²) in [6.45, 7) is 5.43. The van der Waals surface area contributed by atoms with E-state index in [1.165, 1.54) is 25.2 Å². The number of carbonyl (C=O) groups excluding carboxylic acids is 7. The number of primary amides is 1. The molecule has 15 unspecified atom stereocenters. The first kappa shape index (κ1) is 88.8. The normalized spacial score (nSPS) is 26.5. The van der Waals surface area contributed by atoms with Gasteiger partial charge in [-0.2, -0.15) is 0 Å². The molecule has 0 radical (unpaired) electrons. The number of carbonyl (C=O) groups is 8. The lowest BCUT2D eigenvalue weighted by atomic mass is 9.89. The van der Waals surface area contributed by atoms with Crippen molar-refractivity contribution in [3.05, 3.63) is 176 Å². The fourth-order valence-corrected chi connectivity index (χ4v) is 17.9. The lowest BCUT2D eigenvalue weighted by Crippen LogP contribution is -2.64. The number of nitrogens with one attached hydrogen (secondary N) is 8. The van der Waals surface area contributed by atoms with Gasteiger partial charge in [0.2, 0.25) is 58.5 Å². The van der Waals surface area contributed by atoms with Crippen molar-refractivity contribution < 1.29 is 113 Å². The number of amides is 7. The number of nitrogens with two attached hydrogens (primary N) is 2. The van der Waals surface area contributed by atoms with Crippen molar-refractivity contribution >= 4 is 133 Å². The van der Waals surface area contributed by atoms with Crippen LogP contribution in [0.2, 0.25) is 15.1 Å². The second kappa shape index (κ2) is 37.4. The number of aliphatic hydroxyl groups excluding tert-OH is 5. The molecule has 7 aliphatic rings. The van der Waals surface area contributed by atoms with Gasteiger partial charge in [-0.25, -0.2) is 4.79 Å². The van der Waals surface area contributed by atoms with Gasteiger partial charge < -0.3 is 123 Å². The highest BCUT2D eigenvalue weighted by molar-refractivity contribution is 14.1. The highest BCUT2D eigenvalue weighted by Crippen LogP contribution is 2.51. The van der Waals surface area contributed by atoms with Crippen molar-refractivity contribution in [2.75, 3.05) is 18.5 Å². The van der Waals surface area contributed by atoms with Gasteiger partial charge in [-0.1, -0.05) is 149 Å². The molecular weight excluding hydrogens is 1790 g/mol. The minimum atomic E-state index is -2.37. The number of thioether (sulfide) groups is 1. The predicted octanol–water partition coefficient (Wildman–Crippen LogP) is 5.86. The van der Waals surface area contributed by atoms with Gasteiger partial charge in [0.1, 0.15) is 93.0 Å². The summed E-state index contributed by atoms with van der Waals surface area (Å²) in [5.41, 5.74) is 11.6. The number of aliphatic carboxylic acids is 1. The predicted molar refractivity (Wildman–Crippen MR) is 445 cm³/mol. The molecule has 121 heavy (non-hydrogen) atoms. The lowest BCUT2D eigenvalue weighted by Gasteiger charge is -2.47. The van der Waals surface area contributed by atoms with Crippen molar-refractivity contribution in [1.29, 1.82) is 0 Å². The van der Waals surface area contributed by atoms with Crippen LogP contribution in [-0.2, 0) is 59.1 Å². The summed E-state index contributed by atoms with van der Waals surface area (Å²) in [6, 6.07) is 14.5. The number of ether oxygens (including phenoxy) is 6. The standard InChI is InChI=1S/C80H82Cl3IN12O23S2/c1-31(2)19-46(87-4)70(106)93-61-63(101)37-12-17-50(44(82)21-37)115-52-23-39-24-53(67(52)119-77-68(66(104)65(103)54(117-77)30-120-79-96-95-78(86)121-79)118-56-28-80(84,69(105)32(3)114-56)88-29-33-5-7-34(8-6-33)35-9-14-40(81)15-10-35)116-51-18-13-38(22-45(51)83)64(102)62-75(111)92-60(76(112)113)43-25-41(97)26-49(99)57(43)42-20-36(11-16-48(42)98)58(72(108)94-62)91-73(109)59(39)90-71(107)47(27-55(85)100)89-74(61)110/h5-18,20-26,31-32,46-47,54,56,58-66,68-69,77,87-88,97-99,101-105H,19,27-30H2,1-4H3,(H2,85,100)(H2,86,95)(H,89,110)(H,90,107)(H,91,109)(H,92,111)(H,93,106)(H,94,108)(H,112,113)/t32?,46-,47?,54?,56?,58?,59?,60?,61?,62-,63?,64+,65?,66?,68?,69?,77?,80?/m0/s1. The summed E-state index contributed by atoms with van der Waals surface area (Å²) in [7, 11) is 1.48. The van der Waals surface area contributed by atoms with E-state index in [0.29, 0.717) is 9.36 Å². The van der Waals surface area contributed by atoms with Crippen LogP contribution in [0.3, 0.4) is 0 Å². The number of hydrogen-bond acceptors (Lipinski definition) is 29. The minimum absolute atomic E-state index is 0.0919. The number of phenols is 3. The van der Waals surface area contributed by atoms with Crippen LogP contribution < -0.4 is 68.2 Å². The molecule has 41 heteroatoms. The van der Waals surface area contributed by atoms with E-state index in [0.717, 1.165) is 100 Å². The molecule has 0 spiro atoms. The Morgan fingerprint density at radius 3 is 1.93 bits per heavy atom. The molecule has 0 saturated carbocycles. The molecule has 7 amide bonds. The van der Waals surface area contributed by atoms with Gasteiger partial charge in [0.15, 0.2) is 34.3 Å². The van der Waals surface area contributed by atoms with Gasteiger partial charge >= 0.3 is 5.97 Å². The number of hydrogen-bond donors (Lipinski definition) is 19. The minimum Gasteiger partial charge on any atom is -0.508 e. The number of likely N-dealkylation sites (N-methyl/N-ethyl adjacent to an activating group) is 1. The van der Waals surface area contributed by atoms with Crippen LogP contribution in [0, 0.1) is 5.92 Å². The number of alkyl halides is 1. The fourth-order valence-electron chi connectivity index (χ4n) is 14.5. The SMILES string of the molecule is CN[C@@H](CC(C)C)C(=O)NC1C(=O)NC(CC(N)=O)C(=O)NC2C(=O)NC3C(=O)N[C@H](C(=O)NC(C(=O)O)c4cc(O)cc(O)c4-c4cc3ccc4O)[C@H](O)c3ccc(c(Cl)c3)Oc3cc2cc(c3OC2OC(CSc3nnc(N)s3)C(O)C(O)C2OC2CC(I)(NCc3ccc(-c4ccc(Cl)cc4)cc3)C(O)C(C)O2)Oc2ccc(cc2Cl)C1O. The zero-order valence-corrected chi connectivity index (χ0v) is 70.2. The average molecular weight is 1880 g/mol. The monoisotopic (exact) mass is 1870 g/mol. The number of anilines is 1. The van der Waals surface area contributed by atoms with E-state index in [1.54, 1.807) is 19.1 Å². The Hall–Kier alpha value is -9.99. The topological polar surface area (TPSA) is 548 Å². The van der Waals surface area contributed by atoms with Crippen LogP contribution in [0.1, 0.15) is 104 Å². The van der Waals surface area contributed by atoms with E-state index >= 15 is 24.0 Å². The summed E-state index contributed by atoms with van der Waals surface area (Å²) >= 11 is 24.7. The second-order valence-electron chi connectivity index (χ2n) is 29.7. The Labute approximate surface area is 725 Å². The third kappa shape index (κ3) is 19.9. The van der Waals surface area contributed by atoms with Crippen LogP contribution in [0.5, 0.6) is 46.0 Å². The molecule has 11 bridgehead atoms. The van der Waals surface area contributed by atoms with E-state index in [2.05, 4.69) is 75.3 Å². The molecule has 1 aromatic heterocycles. The summed E-state index contributed by atoms with van der Waals surface area (Å²) < 4.78 is 39.6. The maximum atomic E-state index is 16.3. The van der Waals surface area contributed by atoms with Crippen LogP contribution in [-0.4, -0.2) is 193 Å². The Morgan fingerprint density at radius 2 is 1.32 bits per heavy atom. The third-order valence-electron chi connectivity index (χ3n) is 20.8. The molecule has 0 aliphatic carbocycles. The van der Waals surface area contributed by atoms with Gasteiger partial charge in [-0.3, -0.25) is 38.9 Å². The first-order chi connectivity index (χ1) is 57.5. The lowest BCUT2D eigenvalue weighted by molar-refractivity contribution is -0.326. The molecule has 2 fully saturated rings. The number of aromatic hydroxyl groups is 3. The molecule has 7 aromatic carbocycles. The highest BCUT2D eigenvalue weighted by atomic mass is 127. The number of carboxylic acid groups (broad SMARTS) is 1. The smallest absolute Gasteiger partial charge is 0.330 e. The largest absolute Gasteiger partial charge is 0.508 e. The second-order valence-corrected chi connectivity index (χ2v) is 35.1. The molecule has 2 saturated heterocycles. The van der Waals surface area contributed by atoms with E-state index in [1.807, 2.05) is 50.2 Å². The maximum Gasteiger partial charge on any atom is 0.330 e. The van der Waals surface area contributed by atoms with Crippen LogP contribution in [0.4, 0.5) is 5.13 Å². The van der Waals surface area contributed by atoms with Crippen LogP contribution in [0.25, 0.3) is 22.3 Å². The molecule has 18 atom stereocenters. The molecular formula is C80H82Cl3IN12O23S2. The number of nitrogen functional groups attached to an aromatic ring is 1. The Kier molecular flexibility index (Phi) is 27.4. The van der Waals surface area contributed by atoms with Gasteiger partial charge in [-0.15, -0.1) is 10.2 Å². The Bertz CT molecular complexity index is 5300. The molecule has 640 valence electrons. The Morgan fingerprint density at radius 1 is 0.702 bits per heavy atom. The molecule has 21 N–H and O–H groups in total. The summed E-state index contributed by atoms with van der Waals surface area (Å²) in [5.74, 6) is -16.1. The zero-order valence-electron chi connectivity index (χ0n) is 64.2. The van der Waals surface area contributed by atoms with E-state index in [-0.39, 0.29) is 69.4 Å². The quantitative estimate of drug-likeness (QED) is 0.0195. The molecule has 7 aliphatic heterocycles. The molecule has 35 nitrogen and oxygen atoms in total. The van der Waals surface area contributed by atoms with Crippen molar-refractivity contribution in [3.63, 3.8) is 0 Å².